The van der Waals surface area contributed by atoms with E-state index >= 15 is 0 Å². The van der Waals surface area contributed by atoms with Gasteiger partial charge in [0, 0.05) is 23.2 Å². The van der Waals surface area contributed by atoms with Gasteiger partial charge in [-0.2, -0.15) is 0 Å². The van der Waals surface area contributed by atoms with Crippen molar-refractivity contribution in [2.75, 3.05) is 18.6 Å². The van der Waals surface area contributed by atoms with E-state index in [1.807, 2.05) is 24.3 Å². The first kappa shape index (κ1) is 14.9. The number of rotatable bonds is 5. The minimum Gasteiger partial charge on any atom is -0.497 e. The van der Waals surface area contributed by atoms with Crippen molar-refractivity contribution in [3.63, 3.8) is 0 Å². The molecule has 0 unspecified atom stereocenters. The number of benzene rings is 2. The van der Waals surface area contributed by atoms with Crippen LogP contribution in [0, 0.1) is 5.82 Å². The van der Waals surface area contributed by atoms with Crippen LogP contribution in [0.4, 0.5) is 10.1 Å². The summed E-state index contributed by atoms with van der Waals surface area (Å²) in [7, 11) is 1.65. The van der Waals surface area contributed by atoms with Gasteiger partial charge in [0.25, 0.3) is 0 Å². The maximum atomic E-state index is 13.3. The van der Waals surface area contributed by atoms with Crippen LogP contribution >= 0.6 is 15.9 Å². The molecule has 0 amide bonds. The van der Waals surface area contributed by atoms with Crippen LogP contribution in [-0.4, -0.2) is 13.7 Å². The molecular weight excluding hydrogens is 321 g/mol. The number of nitrogens with zero attached hydrogens (tertiary/aromatic N) is 1. The van der Waals surface area contributed by atoms with Crippen molar-refractivity contribution in [3.05, 3.63) is 58.3 Å². The lowest BCUT2D eigenvalue weighted by molar-refractivity contribution is 0.414. The van der Waals surface area contributed by atoms with Gasteiger partial charge in [-0.3, -0.25) is 0 Å². The summed E-state index contributed by atoms with van der Waals surface area (Å²) in [5, 5.41) is 0. The van der Waals surface area contributed by atoms with Gasteiger partial charge in [0.2, 0.25) is 0 Å². The fraction of sp³-hybridized carbons (Fsp3) is 0.250. The number of hydrogen-bond acceptors (Lipinski definition) is 2. The van der Waals surface area contributed by atoms with Crippen LogP contribution in [0.15, 0.2) is 46.9 Å². The average molecular weight is 338 g/mol. The van der Waals surface area contributed by atoms with Gasteiger partial charge in [-0.05, 0) is 48.9 Å². The molecule has 0 aliphatic rings. The third kappa shape index (κ3) is 3.51. The van der Waals surface area contributed by atoms with Crippen LogP contribution in [0.5, 0.6) is 5.75 Å². The molecule has 0 aromatic heterocycles. The van der Waals surface area contributed by atoms with E-state index in [9.17, 15) is 4.39 Å². The summed E-state index contributed by atoms with van der Waals surface area (Å²) >= 11 is 3.55. The smallest absolute Gasteiger partial charge is 0.125 e. The quantitative estimate of drug-likeness (QED) is 0.789. The second-order valence-corrected chi connectivity index (χ2v) is 5.31. The highest BCUT2D eigenvalue weighted by Crippen LogP contribution is 2.26. The van der Waals surface area contributed by atoms with Gasteiger partial charge in [-0.15, -0.1) is 0 Å². The average Bonchev–Trinajstić information content (AvgIpc) is 2.46. The van der Waals surface area contributed by atoms with Crippen molar-refractivity contribution in [1.29, 1.82) is 0 Å². The minimum absolute atomic E-state index is 0.217. The highest BCUT2D eigenvalue weighted by Gasteiger charge is 2.09. The lowest BCUT2D eigenvalue weighted by Gasteiger charge is -2.24. The molecule has 20 heavy (non-hydrogen) atoms. The lowest BCUT2D eigenvalue weighted by Crippen LogP contribution is -2.22. The topological polar surface area (TPSA) is 12.5 Å². The second-order valence-electron chi connectivity index (χ2n) is 4.45. The summed E-state index contributed by atoms with van der Waals surface area (Å²) in [4.78, 5) is 2.11. The SMILES string of the molecule is CCN(Cc1cc(OC)ccc1Br)c1cccc(F)c1. The van der Waals surface area contributed by atoms with E-state index < -0.39 is 0 Å². The molecule has 0 saturated carbocycles. The Kier molecular flexibility index (Phi) is 5.01. The van der Waals surface area contributed by atoms with Gasteiger partial charge in [0.1, 0.15) is 11.6 Å². The van der Waals surface area contributed by atoms with Crippen LogP contribution in [0.2, 0.25) is 0 Å². The molecular formula is C16H17BrFNO. The van der Waals surface area contributed by atoms with Crippen LogP contribution < -0.4 is 9.64 Å². The summed E-state index contributed by atoms with van der Waals surface area (Å²) in [5.41, 5.74) is 1.98. The monoisotopic (exact) mass is 337 g/mol. The second kappa shape index (κ2) is 6.75. The fourth-order valence-corrected chi connectivity index (χ4v) is 2.44. The molecule has 0 aliphatic carbocycles. The first-order valence-electron chi connectivity index (χ1n) is 6.47. The molecule has 2 aromatic carbocycles. The van der Waals surface area contributed by atoms with Crippen LogP contribution in [0.3, 0.4) is 0 Å². The zero-order valence-electron chi connectivity index (χ0n) is 11.6. The molecule has 0 N–H and O–H groups in total. The summed E-state index contributed by atoms with van der Waals surface area (Å²) in [6, 6.07) is 12.5. The lowest BCUT2D eigenvalue weighted by atomic mass is 10.2. The van der Waals surface area contributed by atoms with Crippen molar-refractivity contribution in [1.82, 2.24) is 0 Å². The van der Waals surface area contributed by atoms with Gasteiger partial charge in [0.05, 0.1) is 7.11 Å². The minimum atomic E-state index is -0.217. The van der Waals surface area contributed by atoms with Crippen molar-refractivity contribution in [3.8, 4) is 5.75 Å². The maximum absolute atomic E-state index is 13.3. The third-order valence-electron chi connectivity index (χ3n) is 3.17. The molecule has 0 radical (unpaired) electrons. The van der Waals surface area contributed by atoms with Crippen molar-refractivity contribution in [2.45, 2.75) is 13.5 Å². The van der Waals surface area contributed by atoms with Crippen molar-refractivity contribution >= 4 is 21.6 Å². The van der Waals surface area contributed by atoms with E-state index in [4.69, 9.17) is 4.74 Å². The van der Waals surface area contributed by atoms with E-state index in [2.05, 4.69) is 27.8 Å². The first-order chi connectivity index (χ1) is 9.63. The van der Waals surface area contributed by atoms with Gasteiger partial charge in [-0.25, -0.2) is 4.39 Å². The Balaban J connectivity index is 2.26. The Bertz CT molecular complexity index is 588. The highest BCUT2D eigenvalue weighted by molar-refractivity contribution is 9.10. The van der Waals surface area contributed by atoms with Crippen molar-refractivity contribution in [2.24, 2.45) is 0 Å². The van der Waals surface area contributed by atoms with E-state index in [0.717, 1.165) is 28.0 Å². The van der Waals surface area contributed by atoms with Crippen LogP contribution in [-0.2, 0) is 6.54 Å². The Hall–Kier alpha value is -1.55. The Morgan fingerprint density at radius 2 is 2.00 bits per heavy atom. The van der Waals surface area contributed by atoms with E-state index in [0.29, 0.717) is 6.54 Å². The highest BCUT2D eigenvalue weighted by atomic mass is 79.9. The number of methoxy groups -OCH3 is 1. The molecule has 0 heterocycles. The molecule has 4 heteroatoms. The van der Waals surface area contributed by atoms with E-state index in [1.165, 1.54) is 6.07 Å². The number of anilines is 1. The molecule has 0 fully saturated rings. The molecule has 0 spiro atoms. The Morgan fingerprint density at radius 1 is 1.20 bits per heavy atom. The largest absolute Gasteiger partial charge is 0.497 e. The standard InChI is InChI=1S/C16H17BrFNO/c1-3-19(14-6-4-5-13(18)10-14)11-12-9-15(20-2)7-8-16(12)17/h4-10H,3,11H2,1-2H3. The molecule has 2 nitrogen and oxygen atoms in total. The molecule has 0 aliphatic heterocycles. The molecule has 2 rings (SSSR count). The Morgan fingerprint density at radius 3 is 2.65 bits per heavy atom. The summed E-state index contributed by atoms with van der Waals surface area (Å²) in [6.07, 6.45) is 0. The molecule has 0 bridgehead atoms. The van der Waals surface area contributed by atoms with Gasteiger partial charge in [-0.1, -0.05) is 22.0 Å². The molecule has 106 valence electrons. The zero-order chi connectivity index (χ0) is 14.5. The van der Waals surface area contributed by atoms with E-state index in [1.54, 1.807) is 19.2 Å². The predicted molar refractivity (Wildman–Crippen MR) is 83.8 cm³/mol. The molecule has 0 atom stereocenters. The molecule has 0 saturated heterocycles. The van der Waals surface area contributed by atoms with E-state index in [-0.39, 0.29) is 5.82 Å². The summed E-state index contributed by atoms with van der Waals surface area (Å²) in [5.74, 6) is 0.601. The summed E-state index contributed by atoms with van der Waals surface area (Å²) < 4.78 is 19.6. The van der Waals surface area contributed by atoms with Gasteiger partial charge >= 0.3 is 0 Å². The number of hydrogen-bond donors (Lipinski definition) is 0. The maximum Gasteiger partial charge on any atom is 0.125 e. The van der Waals surface area contributed by atoms with Crippen molar-refractivity contribution < 1.29 is 9.13 Å². The first-order valence-corrected chi connectivity index (χ1v) is 7.26. The molecule has 2 aromatic rings. The van der Waals surface area contributed by atoms with Crippen LogP contribution in [0.25, 0.3) is 0 Å². The summed E-state index contributed by atoms with van der Waals surface area (Å²) in [6.45, 7) is 3.55. The number of ether oxygens (including phenoxy) is 1. The normalized spacial score (nSPS) is 10.4. The zero-order valence-corrected chi connectivity index (χ0v) is 13.2. The third-order valence-corrected chi connectivity index (χ3v) is 3.94. The fourth-order valence-electron chi connectivity index (χ4n) is 2.06. The Labute approximate surface area is 127 Å². The van der Waals surface area contributed by atoms with Crippen LogP contribution in [0.1, 0.15) is 12.5 Å². The van der Waals surface area contributed by atoms with Gasteiger partial charge in [0.15, 0.2) is 0 Å². The number of halogens is 2. The predicted octanol–water partition coefficient (Wildman–Crippen LogP) is 4.62. The van der Waals surface area contributed by atoms with Gasteiger partial charge < -0.3 is 9.64 Å².